The maximum atomic E-state index is 4.47. The Balaban J connectivity index is 1.75. The summed E-state index contributed by atoms with van der Waals surface area (Å²) in [5.74, 6) is 0.659. The Morgan fingerprint density at radius 2 is 1.94 bits per heavy atom. The largest absolute Gasteiger partial charge is 0.295 e. The Labute approximate surface area is 110 Å². The first-order valence-electron chi connectivity index (χ1n) is 7.26. The first kappa shape index (κ1) is 12.2. The van der Waals surface area contributed by atoms with Crippen LogP contribution in [0.2, 0.25) is 0 Å². The first-order chi connectivity index (χ1) is 8.60. The Morgan fingerprint density at radius 3 is 2.39 bits per heavy atom. The smallest absolute Gasteiger partial charge is 0.0386 e. The summed E-state index contributed by atoms with van der Waals surface area (Å²) in [6, 6.07) is 4.96. The molecule has 1 saturated carbocycles. The molecule has 1 unspecified atom stereocenters. The number of aromatic nitrogens is 1. The van der Waals surface area contributed by atoms with Gasteiger partial charge in [-0.2, -0.15) is 0 Å². The molecule has 0 aromatic carbocycles. The number of likely N-dealkylation sites (tertiary alicyclic amines) is 1. The van der Waals surface area contributed by atoms with Crippen molar-refractivity contribution in [2.75, 3.05) is 13.1 Å². The molecular formula is C16H24N2. The van der Waals surface area contributed by atoms with E-state index in [9.17, 15) is 0 Å². The fourth-order valence-electron chi connectivity index (χ4n) is 3.68. The van der Waals surface area contributed by atoms with Gasteiger partial charge >= 0.3 is 0 Å². The Morgan fingerprint density at radius 1 is 1.22 bits per heavy atom. The minimum Gasteiger partial charge on any atom is -0.295 e. The minimum absolute atomic E-state index is 0.560. The summed E-state index contributed by atoms with van der Waals surface area (Å²) in [5, 5.41) is 0. The molecule has 1 saturated heterocycles. The van der Waals surface area contributed by atoms with Gasteiger partial charge in [-0.25, -0.2) is 0 Å². The maximum absolute atomic E-state index is 4.47. The fraction of sp³-hybridized carbons (Fsp3) is 0.688. The maximum Gasteiger partial charge on any atom is 0.0386 e. The van der Waals surface area contributed by atoms with Crippen LogP contribution in [0.5, 0.6) is 0 Å². The van der Waals surface area contributed by atoms with Crippen LogP contribution >= 0.6 is 0 Å². The summed E-state index contributed by atoms with van der Waals surface area (Å²) < 4.78 is 0. The summed E-state index contributed by atoms with van der Waals surface area (Å²) in [4.78, 5) is 7.13. The highest BCUT2D eigenvalue weighted by Crippen LogP contribution is 2.51. The van der Waals surface area contributed by atoms with E-state index in [2.05, 4.69) is 49.0 Å². The van der Waals surface area contributed by atoms with Crippen LogP contribution in [0, 0.1) is 18.3 Å². The number of hydrogen-bond acceptors (Lipinski definition) is 2. The number of rotatable bonds is 3. The molecule has 1 aromatic rings. The molecule has 1 atom stereocenters. The van der Waals surface area contributed by atoms with Crippen molar-refractivity contribution in [3.05, 3.63) is 29.6 Å². The first-order valence-corrected chi connectivity index (χ1v) is 7.26. The van der Waals surface area contributed by atoms with Crippen molar-refractivity contribution in [3.8, 4) is 0 Å². The lowest BCUT2D eigenvalue weighted by Gasteiger charge is -2.59. The molecule has 1 aliphatic carbocycles. The van der Waals surface area contributed by atoms with Gasteiger partial charge < -0.3 is 0 Å². The predicted molar refractivity (Wildman–Crippen MR) is 74.4 cm³/mol. The second kappa shape index (κ2) is 4.34. The van der Waals surface area contributed by atoms with Gasteiger partial charge in [0.1, 0.15) is 0 Å². The second-order valence-corrected chi connectivity index (χ2v) is 6.68. The van der Waals surface area contributed by atoms with Crippen LogP contribution in [0.1, 0.15) is 50.4 Å². The third-order valence-electron chi connectivity index (χ3n) is 4.79. The van der Waals surface area contributed by atoms with E-state index in [0.717, 1.165) is 5.69 Å². The van der Waals surface area contributed by atoms with Gasteiger partial charge in [0.05, 0.1) is 0 Å². The van der Waals surface area contributed by atoms with E-state index in [4.69, 9.17) is 0 Å². The van der Waals surface area contributed by atoms with Crippen molar-refractivity contribution in [3.63, 3.8) is 0 Å². The molecule has 2 fully saturated rings. The van der Waals surface area contributed by atoms with Crippen molar-refractivity contribution in [2.45, 2.75) is 46.1 Å². The Hall–Kier alpha value is -0.890. The van der Waals surface area contributed by atoms with Gasteiger partial charge in [0.2, 0.25) is 0 Å². The van der Waals surface area contributed by atoms with E-state index in [-0.39, 0.29) is 0 Å². The summed E-state index contributed by atoms with van der Waals surface area (Å²) >= 11 is 0. The van der Waals surface area contributed by atoms with Gasteiger partial charge in [-0.05, 0) is 42.7 Å². The van der Waals surface area contributed by atoms with E-state index in [0.29, 0.717) is 17.4 Å². The summed E-state index contributed by atoms with van der Waals surface area (Å²) in [6.07, 6.45) is 6.44. The van der Waals surface area contributed by atoms with Crippen molar-refractivity contribution < 1.29 is 0 Å². The van der Waals surface area contributed by atoms with Gasteiger partial charge in [-0.15, -0.1) is 0 Å². The van der Waals surface area contributed by atoms with Gasteiger partial charge in [0.15, 0.2) is 0 Å². The number of nitrogens with zero attached hydrogens (tertiary/aromatic N) is 2. The lowest BCUT2D eigenvalue weighted by Crippen LogP contribution is -2.61. The summed E-state index contributed by atoms with van der Waals surface area (Å²) in [6.45, 7) is 9.33. The molecule has 0 bridgehead atoms. The van der Waals surface area contributed by atoms with Gasteiger partial charge in [-0.3, -0.25) is 9.88 Å². The van der Waals surface area contributed by atoms with E-state index in [1.165, 1.54) is 37.9 Å². The average Bonchev–Trinajstić information content (AvgIpc) is 2.21. The summed E-state index contributed by atoms with van der Waals surface area (Å²) in [7, 11) is 0. The molecule has 2 aliphatic rings. The van der Waals surface area contributed by atoms with Crippen molar-refractivity contribution in [1.29, 1.82) is 0 Å². The van der Waals surface area contributed by atoms with E-state index >= 15 is 0 Å². The predicted octanol–water partition coefficient (Wildman–Crippen LogP) is 3.57. The molecule has 0 radical (unpaired) electrons. The molecule has 1 aliphatic heterocycles. The molecule has 18 heavy (non-hydrogen) atoms. The van der Waals surface area contributed by atoms with Crippen LogP contribution < -0.4 is 0 Å². The zero-order valence-electron chi connectivity index (χ0n) is 11.8. The van der Waals surface area contributed by atoms with Crippen LogP contribution in [-0.2, 0) is 0 Å². The number of pyridine rings is 1. The van der Waals surface area contributed by atoms with Crippen molar-refractivity contribution in [2.24, 2.45) is 11.3 Å². The molecule has 2 heterocycles. The lowest BCUT2D eigenvalue weighted by atomic mass is 9.62. The summed E-state index contributed by atoms with van der Waals surface area (Å²) in [5.41, 5.74) is 3.22. The third-order valence-corrected chi connectivity index (χ3v) is 4.79. The highest BCUT2D eigenvalue weighted by atomic mass is 15.2. The minimum atomic E-state index is 0.560. The van der Waals surface area contributed by atoms with Crippen LogP contribution in [0.3, 0.4) is 0 Å². The van der Waals surface area contributed by atoms with E-state index in [1.807, 2.05) is 0 Å². The molecule has 0 N–H and O–H groups in total. The lowest BCUT2D eigenvalue weighted by molar-refractivity contribution is -0.0934. The molecule has 0 amide bonds. The zero-order chi connectivity index (χ0) is 12.8. The molecule has 1 aromatic heterocycles. The topological polar surface area (TPSA) is 16.1 Å². The Kier molecular flexibility index (Phi) is 2.93. The van der Waals surface area contributed by atoms with Crippen LogP contribution in [0.15, 0.2) is 18.3 Å². The molecule has 2 heteroatoms. The highest BCUT2D eigenvalue weighted by Gasteiger charge is 2.49. The van der Waals surface area contributed by atoms with Gasteiger partial charge in [0, 0.05) is 31.0 Å². The average molecular weight is 244 g/mol. The molecule has 1 spiro atoms. The van der Waals surface area contributed by atoms with Gasteiger partial charge in [-0.1, -0.05) is 26.3 Å². The van der Waals surface area contributed by atoms with Crippen LogP contribution in [-0.4, -0.2) is 23.0 Å². The van der Waals surface area contributed by atoms with Crippen molar-refractivity contribution in [1.82, 2.24) is 9.88 Å². The van der Waals surface area contributed by atoms with E-state index in [1.54, 1.807) is 0 Å². The molecule has 3 rings (SSSR count). The quantitative estimate of drug-likeness (QED) is 0.808. The molecular weight excluding hydrogens is 220 g/mol. The zero-order valence-corrected chi connectivity index (χ0v) is 11.8. The molecule has 2 nitrogen and oxygen atoms in total. The SMILES string of the molecule is Cc1ccc(C(C(C)C)N2CC3(CCC3)C2)cn1. The Bertz CT molecular complexity index is 409. The van der Waals surface area contributed by atoms with Crippen LogP contribution in [0.25, 0.3) is 0 Å². The van der Waals surface area contributed by atoms with Gasteiger partial charge in [0.25, 0.3) is 0 Å². The highest BCUT2D eigenvalue weighted by molar-refractivity contribution is 5.20. The second-order valence-electron chi connectivity index (χ2n) is 6.68. The standard InChI is InChI=1S/C16H24N2/c1-12(2)15(14-6-5-13(3)17-9-14)18-10-16(11-18)7-4-8-16/h5-6,9,12,15H,4,7-8,10-11H2,1-3H3. The van der Waals surface area contributed by atoms with E-state index < -0.39 is 0 Å². The normalized spacial score (nSPS) is 23.8. The van der Waals surface area contributed by atoms with Crippen molar-refractivity contribution >= 4 is 0 Å². The van der Waals surface area contributed by atoms with Crippen LogP contribution in [0.4, 0.5) is 0 Å². The number of aryl methyl sites for hydroxylation is 1. The third kappa shape index (κ3) is 1.97. The fourth-order valence-corrected chi connectivity index (χ4v) is 3.68. The molecule has 98 valence electrons. The monoisotopic (exact) mass is 244 g/mol. The number of hydrogen-bond donors (Lipinski definition) is 0.